The minimum absolute atomic E-state index is 0.237. The fourth-order valence-electron chi connectivity index (χ4n) is 2.03. The largest absolute Gasteiger partial charge is 0.381 e. The molecule has 0 spiro atoms. The molecule has 1 heterocycles. The van der Waals surface area contributed by atoms with E-state index in [1.54, 1.807) is 0 Å². The molecule has 14 heavy (non-hydrogen) atoms. The highest BCUT2D eigenvalue weighted by Crippen LogP contribution is 2.30. The molecule has 4 heteroatoms. The van der Waals surface area contributed by atoms with Crippen molar-refractivity contribution < 1.29 is 9.53 Å². The predicted molar refractivity (Wildman–Crippen MR) is 52.7 cm³/mol. The zero-order valence-electron chi connectivity index (χ0n) is 8.58. The fraction of sp³-hybridized carbons (Fsp3) is 0.900. The molecule has 1 saturated heterocycles. The van der Waals surface area contributed by atoms with E-state index in [-0.39, 0.29) is 11.8 Å². The first-order valence-electron chi connectivity index (χ1n) is 5.28. The van der Waals surface area contributed by atoms with Crippen LogP contribution in [0.4, 0.5) is 0 Å². The molecule has 1 aliphatic heterocycles. The number of carbonyl (C=O) groups excluding carboxylic acids is 1. The number of rotatable bonds is 4. The molecule has 3 N–H and O–H groups in total. The molecule has 2 rings (SSSR count). The van der Waals surface area contributed by atoms with Gasteiger partial charge >= 0.3 is 0 Å². The van der Waals surface area contributed by atoms with Crippen LogP contribution < -0.4 is 11.1 Å². The van der Waals surface area contributed by atoms with Crippen LogP contribution >= 0.6 is 0 Å². The second kappa shape index (κ2) is 3.51. The van der Waals surface area contributed by atoms with Gasteiger partial charge in [0.25, 0.3) is 0 Å². The zero-order chi connectivity index (χ0) is 10.2. The molecule has 0 bridgehead atoms. The van der Waals surface area contributed by atoms with Gasteiger partial charge in [0, 0.05) is 18.6 Å². The molecule has 0 aromatic carbocycles. The van der Waals surface area contributed by atoms with Gasteiger partial charge in [0.1, 0.15) is 5.54 Å². The van der Waals surface area contributed by atoms with E-state index in [9.17, 15) is 4.79 Å². The van der Waals surface area contributed by atoms with Crippen LogP contribution in [0.5, 0.6) is 0 Å². The van der Waals surface area contributed by atoms with Crippen molar-refractivity contribution in [2.45, 2.75) is 37.8 Å². The highest BCUT2D eigenvalue weighted by Gasteiger charge is 2.44. The van der Waals surface area contributed by atoms with Crippen LogP contribution in [0.1, 0.15) is 26.2 Å². The summed E-state index contributed by atoms with van der Waals surface area (Å²) in [7, 11) is 0. The van der Waals surface area contributed by atoms with Crippen LogP contribution in [0.15, 0.2) is 0 Å². The summed E-state index contributed by atoms with van der Waals surface area (Å²) in [5.74, 6) is -0.0134. The van der Waals surface area contributed by atoms with Crippen molar-refractivity contribution >= 4 is 5.91 Å². The summed E-state index contributed by atoms with van der Waals surface area (Å²) < 4.78 is 5.31. The molecular formula is C10H18N2O2. The van der Waals surface area contributed by atoms with E-state index in [2.05, 4.69) is 5.32 Å². The van der Waals surface area contributed by atoms with Crippen molar-refractivity contribution in [2.24, 2.45) is 11.7 Å². The van der Waals surface area contributed by atoms with E-state index in [0.717, 1.165) is 25.9 Å². The Kier molecular flexibility index (Phi) is 2.49. The van der Waals surface area contributed by atoms with Gasteiger partial charge in [0.05, 0.1) is 6.61 Å². The Labute approximate surface area is 84.2 Å². The molecule has 2 aliphatic rings. The number of hydrogen-bond acceptors (Lipinski definition) is 3. The summed E-state index contributed by atoms with van der Waals surface area (Å²) in [6.07, 6.45) is 3.26. The second-order valence-corrected chi connectivity index (χ2v) is 4.55. The first-order valence-corrected chi connectivity index (χ1v) is 5.28. The number of carbonyl (C=O) groups is 1. The summed E-state index contributed by atoms with van der Waals surface area (Å²) in [6, 6.07) is 0.494. The first kappa shape index (κ1) is 9.93. The lowest BCUT2D eigenvalue weighted by Crippen LogP contribution is -2.59. The zero-order valence-corrected chi connectivity index (χ0v) is 8.58. The van der Waals surface area contributed by atoms with Crippen molar-refractivity contribution in [3.63, 3.8) is 0 Å². The molecular weight excluding hydrogens is 180 g/mol. The Balaban J connectivity index is 2.06. The minimum atomic E-state index is -0.572. The second-order valence-electron chi connectivity index (χ2n) is 4.55. The maximum atomic E-state index is 11.5. The lowest BCUT2D eigenvalue weighted by molar-refractivity contribution is -0.126. The van der Waals surface area contributed by atoms with Gasteiger partial charge in [-0.1, -0.05) is 0 Å². The van der Waals surface area contributed by atoms with E-state index in [4.69, 9.17) is 10.5 Å². The summed E-state index contributed by atoms with van der Waals surface area (Å²) in [6.45, 7) is 3.31. The molecule has 2 fully saturated rings. The lowest BCUT2D eigenvalue weighted by atomic mass is 9.84. The normalized spacial score (nSPS) is 31.4. The summed E-state index contributed by atoms with van der Waals surface area (Å²) in [4.78, 5) is 11.5. The Hall–Kier alpha value is -0.610. The third kappa shape index (κ3) is 1.77. The number of hydrogen-bond donors (Lipinski definition) is 2. The maximum Gasteiger partial charge on any atom is 0.237 e. The van der Waals surface area contributed by atoms with Crippen molar-refractivity contribution in [3.8, 4) is 0 Å². The molecule has 2 atom stereocenters. The molecule has 80 valence electrons. The van der Waals surface area contributed by atoms with E-state index in [1.165, 1.54) is 0 Å². The van der Waals surface area contributed by atoms with Crippen LogP contribution in [-0.2, 0) is 9.53 Å². The van der Waals surface area contributed by atoms with Crippen LogP contribution in [0, 0.1) is 5.92 Å². The van der Waals surface area contributed by atoms with Crippen molar-refractivity contribution in [3.05, 3.63) is 0 Å². The molecule has 1 saturated carbocycles. The third-order valence-corrected chi connectivity index (χ3v) is 3.34. The van der Waals surface area contributed by atoms with Gasteiger partial charge in [-0.15, -0.1) is 0 Å². The number of nitrogens with one attached hydrogen (secondary N) is 1. The van der Waals surface area contributed by atoms with Gasteiger partial charge in [-0.3, -0.25) is 4.79 Å². The first-order chi connectivity index (χ1) is 6.63. The number of ether oxygens (including phenoxy) is 1. The number of primary amides is 1. The molecule has 4 nitrogen and oxygen atoms in total. The van der Waals surface area contributed by atoms with Gasteiger partial charge < -0.3 is 15.8 Å². The van der Waals surface area contributed by atoms with Gasteiger partial charge in [-0.2, -0.15) is 0 Å². The number of nitrogens with two attached hydrogens (primary N) is 1. The molecule has 0 aromatic rings. The number of amides is 1. The van der Waals surface area contributed by atoms with Crippen LogP contribution in [0.25, 0.3) is 0 Å². The monoisotopic (exact) mass is 198 g/mol. The van der Waals surface area contributed by atoms with E-state index < -0.39 is 5.54 Å². The van der Waals surface area contributed by atoms with Gasteiger partial charge in [-0.25, -0.2) is 0 Å². The topological polar surface area (TPSA) is 64.3 Å². The SMILES string of the molecule is CC(NC1CC1)(C(N)=O)C1CCOC1. The minimum Gasteiger partial charge on any atom is -0.381 e. The molecule has 2 unspecified atom stereocenters. The maximum absolute atomic E-state index is 11.5. The summed E-state index contributed by atoms with van der Waals surface area (Å²) >= 11 is 0. The van der Waals surface area contributed by atoms with Crippen molar-refractivity contribution in [1.82, 2.24) is 5.32 Å². The van der Waals surface area contributed by atoms with Crippen molar-refractivity contribution in [2.75, 3.05) is 13.2 Å². The average molecular weight is 198 g/mol. The van der Waals surface area contributed by atoms with Crippen LogP contribution in [0.3, 0.4) is 0 Å². The van der Waals surface area contributed by atoms with Crippen LogP contribution in [0.2, 0.25) is 0 Å². The molecule has 1 amide bonds. The predicted octanol–water partition coefficient (Wildman–Crippen LogP) is 0.0189. The standard InChI is InChI=1S/C10H18N2O2/c1-10(9(11)13,12-8-2-3-8)7-4-5-14-6-7/h7-8,12H,2-6H2,1H3,(H2,11,13). The highest BCUT2D eigenvalue weighted by atomic mass is 16.5. The third-order valence-electron chi connectivity index (χ3n) is 3.34. The van der Waals surface area contributed by atoms with Gasteiger partial charge in [0.15, 0.2) is 0 Å². The highest BCUT2D eigenvalue weighted by molar-refractivity contribution is 5.84. The average Bonchev–Trinajstić information content (AvgIpc) is 2.78. The fourth-order valence-corrected chi connectivity index (χ4v) is 2.03. The molecule has 0 aromatic heterocycles. The Morgan fingerprint density at radius 1 is 1.50 bits per heavy atom. The molecule has 0 radical (unpaired) electrons. The Morgan fingerprint density at radius 3 is 2.64 bits per heavy atom. The lowest BCUT2D eigenvalue weighted by Gasteiger charge is -2.32. The van der Waals surface area contributed by atoms with E-state index >= 15 is 0 Å². The smallest absolute Gasteiger partial charge is 0.237 e. The van der Waals surface area contributed by atoms with Crippen molar-refractivity contribution in [1.29, 1.82) is 0 Å². The van der Waals surface area contributed by atoms with Gasteiger partial charge in [-0.05, 0) is 26.2 Å². The quantitative estimate of drug-likeness (QED) is 0.669. The molecule has 1 aliphatic carbocycles. The summed E-state index contributed by atoms with van der Waals surface area (Å²) in [5, 5.41) is 3.35. The Bertz CT molecular complexity index is 234. The van der Waals surface area contributed by atoms with E-state index in [0.29, 0.717) is 12.6 Å². The van der Waals surface area contributed by atoms with E-state index in [1.807, 2.05) is 6.92 Å². The van der Waals surface area contributed by atoms with Gasteiger partial charge in [0.2, 0.25) is 5.91 Å². The Morgan fingerprint density at radius 2 is 2.21 bits per heavy atom. The summed E-state index contributed by atoms with van der Waals surface area (Å²) in [5.41, 5.74) is 4.90. The van der Waals surface area contributed by atoms with Crippen LogP contribution in [-0.4, -0.2) is 30.7 Å².